The molecule has 3 rings (SSSR count). The third-order valence-corrected chi connectivity index (χ3v) is 5.13. The Balaban J connectivity index is 1.53. The number of carbonyl (C=O) groups is 2. The van der Waals surface area contributed by atoms with Gasteiger partial charge in [0.2, 0.25) is 5.91 Å². The average molecular weight is 396 g/mol. The molecule has 154 valence electrons. The lowest BCUT2D eigenvalue weighted by atomic mass is 10.00. The number of hydrogen-bond donors (Lipinski definition) is 2. The van der Waals surface area contributed by atoms with Crippen molar-refractivity contribution < 1.29 is 14.3 Å². The molecule has 0 fully saturated rings. The van der Waals surface area contributed by atoms with E-state index in [0.717, 1.165) is 54.1 Å². The van der Waals surface area contributed by atoms with Crippen molar-refractivity contribution in [2.45, 2.75) is 39.0 Å². The molecule has 3 amide bonds. The van der Waals surface area contributed by atoms with E-state index in [-0.39, 0.29) is 11.9 Å². The van der Waals surface area contributed by atoms with Gasteiger partial charge in [0, 0.05) is 30.9 Å². The van der Waals surface area contributed by atoms with Gasteiger partial charge in [0.05, 0.1) is 7.11 Å². The van der Waals surface area contributed by atoms with Crippen LogP contribution < -0.4 is 20.3 Å². The standard InChI is InChI=1S/C23H29N3O3/c1-3-4-15-26-21-11-8-19(16-18(21)7-12-22(26)27)25-23(28)24-14-13-17-5-9-20(29-2)10-6-17/h5-6,8-11,16H,3-4,7,12-15H2,1-2H3,(H2,24,25,28). The Morgan fingerprint density at radius 3 is 2.66 bits per heavy atom. The molecule has 29 heavy (non-hydrogen) atoms. The summed E-state index contributed by atoms with van der Waals surface area (Å²) < 4.78 is 5.15. The van der Waals surface area contributed by atoms with Crippen molar-refractivity contribution in [1.29, 1.82) is 0 Å². The van der Waals surface area contributed by atoms with Crippen LogP contribution in [-0.4, -0.2) is 32.1 Å². The summed E-state index contributed by atoms with van der Waals surface area (Å²) in [4.78, 5) is 26.3. The number of nitrogens with one attached hydrogen (secondary N) is 2. The SMILES string of the molecule is CCCCN1C(=O)CCc2cc(NC(=O)NCCc3ccc(OC)cc3)ccc21. The van der Waals surface area contributed by atoms with Crippen molar-refractivity contribution in [3.63, 3.8) is 0 Å². The maximum atomic E-state index is 12.2. The third-order valence-electron chi connectivity index (χ3n) is 5.13. The van der Waals surface area contributed by atoms with Crippen LogP contribution in [0.3, 0.4) is 0 Å². The fraction of sp³-hybridized carbons (Fsp3) is 0.391. The van der Waals surface area contributed by atoms with Crippen LogP contribution in [0.1, 0.15) is 37.3 Å². The van der Waals surface area contributed by atoms with Crippen LogP contribution in [0.5, 0.6) is 5.75 Å². The van der Waals surface area contributed by atoms with Crippen molar-refractivity contribution in [3.8, 4) is 5.75 Å². The summed E-state index contributed by atoms with van der Waals surface area (Å²) in [6, 6.07) is 13.4. The second-order valence-electron chi connectivity index (χ2n) is 7.22. The number of urea groups is 1. The summed E-state index contributed by atoms with van der Waals surface area (Å²) in [6.45, 7) is 3.42. The topological polar surface area (TPSA) is 70.7 Å². The number of nitrogens with zero attached hydrogens (tertiary/aromatic N) is 1. The zero-order chi connectivity index (χ0) is 20.6. The smallest absolute Gasteiger partial charge is 0.319 e. The number of benzene rings is 2. The van der Waals surface area contributed by atoms with Gasteiger partial charge in [0.15, 0.2) is 0 Å². The summed E-state index contributed by atoms with van der Waals surface area (Å²) in [7, 11) is 1.64. The fourth-order valence-electron chi connectivity index (χ4n) is 3.49. The number of hydrogen-bond acceptors (Lipinski definition) is 3. The predicted octanol–water partition coefficient (Wildman–Crippen LogP) is 4.14. The lowest BCUT2D eigenvalue weighted by Gasteiger charge is -2.29. The Hall–Kier alpha value is -3.02. The largest absolute Gasteiger partial charge is 0.497 e. The fourth-order valence-corrected chi connectivity index (χ4v) is 3.49. The van der Waals surface area contributed by atoms with E-state index in [4.69, 9.17) is 4.74 Å². The highest BCUT2D eigenvalue weighted by atomic mass is 16.5. The lowest BCUT2D eigenvalue weighted by Crippen LogP contribution is -2.36. The number of amides is 3. The molecule has 2 aromatic rings. The minimum Gasteiger partial charge on any atom is -0.497 e. The van der Waals surface area contributed by atoms with Crippen molar-refractivity contribution >= 4 is 23.3 Å². The Bertz CT molecular complexity index is 849. The zero-order valence-corrected chi connectivity index (χ0v) is 17.2. The molecule has 6 heteroatoms. The molecule has 2 N–H and O–H groups in total. The van der Waals surface area contributed by atoms with Crippen LogP contribution in [0.4, 0.5) is 16.2 Å². The molecule has 6 nitrogen and oxygen atoms in total. The van der Waals surface area contributed by atoms with Gasteiger partial charge >= 0.3 is 6.03 Å². The normalized spacial score (nSPS) is 13.0. The molecule has 0 saturated heterocycles. The Kier molecular flexibility index (Phi) is 7.11. The van der Waals surface area contributed by atoms with E-state index < -0.39 is 0 Å². The molecule has 0 spiro atoms. The Morgan fingerprint density at radius 1 is 1.14 bits per heavy atom. The Labute approximate surface area is 172 Å². The minimum atomic E-state index is -0.229. The molecule has 2 aromatic carbocycles. The highest BCUT2D eigenvalue weighted by Gasteiger charge is 2.23. The van der Waals surface area contributed by atoms with Crippen molar-refractivity contribution in [1.82, 2.24) is 5.32 Å². The van der Waals surface area contributed by atoms with Crippen molar-refractivity contribution in [2.75, 3.05) is 30.4 Å². The molecule has 0 saturated carbocycles. The summed E-state index contributed by atoms with van der Waals surface area (Å²) >= 11 is 0. The number of methoxy groups -OCH3 is 1. The lowest BCUT2D eigenvalue weighted by molar-refractivity contribution is -0.118. The molecule has 1 heterocycles. The summed E-state index contributed by atoms with van der Waals surface area (Å²) in [6.07, 6.45) is 4.02. The second-order valence-corrected chi connectivity index (χ2v) is 7.22. The molecule has 0 atom stereocenters. The first-order valence-electron chi connectivity index (χ1n) is 10.2. The number of aryl methyl sites for hydroxylation is 1. The predicted molar refractivity (Wildman–Crippen MR) is 116 cm³/mol. The third kappa shape index (κ3) is 5.50. The first-order valence-corrected chi connectivity index (χ1v) is 10.2. The molecule has 0 aliphatic carbocycles. The van der Waals surface area contributed by atoms with Crippen LogP contribution in [0.2, 0.25) is 0 Å². The van der Waals surface area contributed by atoms with Gasteiger partial charge in [-0.3, -0.25) is 4.79 Å². The van der Waals surface area contributed by atoms with Crippen LogP contribution in [0.25, 0.3) is 0 Å². The van der Waals surface area contributed by atoms with E-state index in [1.165, 1.54) is 0 Å². The molecular formula is C23H29N3O3. The first-order chi connectivity index (χ1) is 14.1. The monoisotopic (exact) mass is 395 g/mol. The van der Waals surface area contributed by atoms with E-state index in [2.05, 4.69) is 17.6 Å². The van der Waals surface area contributed by atoms with E-state index in [1.54, 1.807) is 7.11 Å². The zero-order valence-electron chi connectivity index (χ0n) is 17.2. The van der Waals surface area contributed by atoms with Crippen LogP contribution in [-0.2, 0) is 17.6 Å². The highest BCUT2D eigenvalue weighted by molar-refractivity contribution is 5.97. The number of fused-ring (bicyclic) bond motifs is 1. The van der Waals surface area contributed by atoms with Crippen LogP contribution in [0, 0.1) is 0 Å². The maximum absolute atomic E-state index is 12.2. The minimum absolute atomic E-state index is 0.183. The maximum Gasteiger partial charge on any atom is 0.319 e. The summed E-state index contributed by atoms with van der Waals surface area (Å²) in [5.74, 6) is 1.00. The van der Waals surface area contributed by atoms with E-state index >= 15 is 0 Å². The van der Waals surface area contributed by atoms with E-state index in [1.807, 2.05) is 47.4 Å². The van der Waals surface area contributed by atoms with Gasteiger partial charge in [-0.05, 0) is 60.7 Å². The van der Waals surface area contributed by atoms with Gasteiger partial charge in [0.25, 0.3) is 0 Å². The van der Waals surface area contributed by atoms with E-state index in [0.29, 0.717) is 19.4 Å². The molecule has 1 aliphatic heterocycles. The van der Waals surface area contributed by atoms with Gasteiger partial charge in [0.1, 0.15) is 5.75 Å². The molecule has 1 aliphatic rings. The number of carbonyl (C=O) groups excluding carboxylic acids is 2. The van der Waals surface area contributed by atoms with Gasteiger partial charge in [-0.1, -0.05) is 25.5 Å². The number of rotatable bonds is 8. The molecule has 0 radical (unpaired) electrons. The quantitative estimate of drug-likeness (QED) is 0.706. The second kappa shape index (κ2) is 9.96. The number of anilines is 2. The molecule has 0 unspecified atom stereocenters. The van der Waals surface area contributed by atoms with Crippen LogP contribution >= 0.6 is 0 Å². The van der Waals surface area contributed by atoms with Crippen molar-refractivity contribution in [2.24, 2.45) is 0 Å². The average Bonchev–Trinajstić information content (AvgIpc) is 2.73. The van der Waals surface area contributed by atoms with E-state index in [9.17, 15) is 9.59 Å². The van der Waals surface area contributed by atoms with Crippen molar-refractivity contribution in [3.05, 3.63) is 53.6 Å². The molecular weight excluding hydrogens is 366 g/mol. The number of ether oxygens (including phenoxy) is 1. The van der Waals surface area contributed by atoms with Gasteiger partial charge in [-0.25, -0.2) is 4.79 Å². The Morgan fingerprint density at radius 2 is 1.93 bits per heavy atom. The van der Waals surface area contributed by atoms with Gasteiger partial charge < -0.3 is 20.3 Å². The first kappa shape index (κ1) is 20.7. The summed E-state index contributed by atoms with van der Waals surface area (Å²) in [5.41, 5.74) is 3.96. The molecule has 0 bridgehead atoms. The van der Waals surface area contributed by atoms with Crippen LogP contribution in [0.15, 0.2) is 42.5 Å². The van der Waals surface area contributed by atoms with Gasteiger partial charge in [-0.15, -0.1) is 0 Å². The highest BCUT2D eigenvalue weighted by Crippen LogP contribution is 2.30. The van der Waals surface area contributed by atoms with Gasteiger partial charge in [-0.2, -0.15) is 0 Å². The molecule has 0 aromatic heterocycles. The summed E-state index contributed by atoms with van der Waals surface area (Å²) in [5, 5.41) is 5.78. The number of unbranched alkanes of at least 4 members (excludes halogenated alkanes) is 1.